The Labute approximate surface area is 171 Å². The first kappa shape index (κ1) is 18.8. The van der Waals surface area contributed by atoms with Gasteiger partial charge in [-0.25, -0.2) is 0 Å². The summed E-state index contributed by atoms with van der Waals surface area (Å²) >= 11 is 0. The lowest BCUT2D eigenvalue weighted by molar-refractivity contribution is 0.459. The van der Waals surface area contributed by atoms with Gasteiger partial charge in [0, 0.05) is 6.42 Å². The molecule has 4 aromatic rings. The van der Waals surface area contributed by atoms with E-state index in [1.54, 1.807) is 0 Å². The summed E-state index contributed by atoms with van der Waals surface area (Å²) in [7, 11) is 0. The Hall–Kier alpha value is -3.52. The van der Waals surface area contributed by atoms with Crippen LogP contribution in [-0.2, 0) is 6.42 Å². The summed E-state index contributed by atoms with van der Waals surface area (Å²) in [5, 5.41) is 21.6. The molecule has 0 unspecified atom stereocenters. The highest BCUT2D eigenvalue weighted by Gasteiger charge is 2.15. The second-order valence-corrected chi connectivity index (χ2v) is 7.40. The van der Waals surface area contributed by atoms with E-state index in [0.29, 0.717) is 6.42 Å². The molecule has 0 spiro atoms. The van der Waals surface area contributed by atoms with E-state index in [-0.39, 0.29) is 11.5 Å². The molecular weight excluding hydrogens is 356 g/mol. The molecule has 144 valence electrons. The zero-order valence-corrected chi connectivity index (χ0v) is 16.7. The Balaban J connectivity index is 1.68. The van der Waals surface area contributed by atoms with Gasteiger partial charge in [-0.2, -0.15) is 0 Å². The maximum Gasteiger partial charge on any atom is 0.122 e. The van der Waals surface area contributed by atoms with Crippen LogP contribution in [0.1, 0.15) is 22.3 Å². The van der Waals surface area contributed by atoms with E-state index < -0.39 is 0 Å². The molecule has 4 aromatic carbocycles. The predicted octanol–water partition coefficient (Wildman–Crippen LogP) is 6.64. The molecule has 29 heavy (non-hydrogen) atoms. The monoisotopic (exact) mass is 380 g/mol. The van der Waals surface area contributed by atoms with Gasteiger partial charge >= 0.3 is 0 Å². The fraction of sp³-hybridized carbons (Fsp3) is 0.111. The third-order valence-corrected chi connectivity index (χ3v) is 5.58. The van der Waals surface area contributed by atoms with Crippen LogP contribution in [0, 0.1) is 13.8 Å². The molecule has 0 saturated heterocycles. The highest BCUT2D eigenvalue weighted by molar-refractivity contribution is 5.72. The first-order chi connectivity index (χ1) is 14.1. The van der Waals surface area contributed by atoms with Crippen LogP contribution >= 0.6 is 0 Å². The third kappa shape index (κ3) is 3.62. The first-order valence-corrected chi connectivity index (χ1v) is 9.80. The van der Waals surface area contributed by atoms with Crippen LogP contribution in [0.15, 0.2) is 84.9 Å². The van der Waals surface area contributed by atoms with Crippen molar-refractivity contribution in [2.75, 3.05) is 0 Å². The molecule has 0 aromatic heterocycles. The minimum absolute atomic E-state index is 0.288. The lowest BCUT2D eigenvalue weighted by Crippen LogP contribution is -1.95. The smallest absolute Gasteiger partial charge is 0.122 e. The van der Waals surface area contributed by atoms with Crippen LogP contribution in [-0.4, -0.2) is 10.2 Å². The Morgan fingerprint density at radius 3 is 1.28 bits per heavy atom. The molecule has 0 amide bonds. The van der Waals surface area contributed by atoms with Gasteiger partial charge < -0.3 is 10.2 Å². The SMILES string of the molecule is Cc1c(-c2ccccc2)ccc(Cc2ccc(-c3ccccc3)c(C)c2O)c1O. The Morgan fingerprint density at radius 1 is 0.517 bits per heavy atom. The quantitative estimate of drug-likeness (QED) is 0.417. The standard InChI is InChI=1S/C27H24O2/c1-18-24(20-9-5-3-6-10-20)15-13-22(26(18)28)17-23-14-16-25(19(2)27(23)29)21-11-7-4-8-12-21/h3-16,28-29H,17H2,1-2H3. The van der Waals surface area contributed by atoms with Crippen molar-refractivity contribution in [1.82, 2.24) is 0 Å². The van der Waals surface area contributed by atoms with Gasteiger partial charge in [-0.1, -0.05) is 84.9 Å². The Bertz CT molecular complexity index is 1050. The largest absolute Gasteiger partial charge is 0.507 e. The van der Waals surface area contributed by atoms with Crippen molar-refractivity contribution in [2.24, 2.45) is 0 Å². The van der Waals surface area contributed by atoms with Crippen LogP contribution in [0.5, 0.6) is 11.5 Å². The summed E-state index contributed by atoms with van der Waals surface area (Å²) in [6.07, 6.45) is 0.476. The summed E-state index contributed by atoms with van der Waals surface area (Å²) in [5.41, 5.74) is 7.53. The number of hydrogen-bond acceptors (Lipinski definition) is 2. The van der Waals surface area contributed by atoms with Crippen molar-refractivity contribution in [2.45, 2.75) is 20.3 Å². The molecule has 0 radical (unpaired) electrons. The first-order valence-electron chi connectivity index (χ1n) is 9.80. The number of benzene rings is 4. The van der Waals surface area contributed by atoms with E-state index in [0.717, 1.165) is 44.5 Å². The topological polar surface area (TPSA) is 40.5 Å². The average Bonchev–Trinajstić information content (AvgIpc) is 2.76. The van der Waals surface area contributed by atoms with Crippen molar-refractivity contribution in [3.8, 4) is 33.8 Å². The lowest BCUT2D eigenvalue weighted by atomic mass is 9.92. The van der Waals surface area contributed by atoms with E-state index in [1.807, 2.05) is 98.8 Å². The molecule has 0 aliphatic heterocycles. The summed E-state index contributed by atoms with van der Waals surface area (Å²) in [6, 6.07) is 28.1. The van der Waals surface area contributed by atoms with Crippen LogP contribution in [0.3, 0.4) is 0 Å². The summed E-state index contributed by atoms with van der Waals surface area (Å²) in [6.45, 7) is 3.87. The second-order valence-electron chi connectivity index (χ2n) is 7.40. The molecule has 0 bridgehead atoms. The molecule has 0 fully saturated rings. The number of hydrogen-bond donors (Lipinski definition) is 2. The van der Waals surface area contributed by atoms with Crippen molar-refractivity contribution >= 4 is 0 Å². The molecule has 2 nitrogen and oxygen atoms in total. The highest BCUT2D eigenvalue weighted by atomic mass is 16.3. The fourth-order valence-electron chi connectivity index (χ4n) is 3.86. The predicted molar refractivity (Wildman–Crippen MR) is 119 cm³/mol. The third-order valence-electron chi connectivity index (χ3n) is 5.58. The van der Waals surface area contributed by atoms with Gasteiger partial charge in [0.1, 0.15) is 11.5 Å². The fourth-order valence-corrected chi connectivity index (χ4v) is 3.86. The molecule has 2 N–H and O–H groups in total. The van der Waals surface area contributed by atoms with E-state index in [9.17, 15) is 10.2 Å². The molecular formula is C27H24O2. The molecule has 0 aliphatic carbocycles. The lowest BCUT2D eigenvalue weighted by Gasteiger charge is -2.15. The van der Waals surface area contributed by atoms with Crippen LogP contribution in [0.25, 0.3) is 22.3 Å². The molecule has 0 saturated carbocycles. The maximum atomic E-state index is 10.8. The number of rotatable bonds is 4. The van der Waals surface area contributed by atoms with Crippen LogP contribution in [0.2, 0.25) is 0 Å². The van der Waals surface area contributed by atoms with E-state index in [4.69, 9.17) is 0 Å². The Kier molecular flexibility index (Phi) is 5.09. The van der Waals surface area contributed by atoms with Crippen molar-refractivity contribution < 1.29 is 10.2 Å². The summed E-state index contributed by atoms with van der Waals surface area (Å²) in [4.78, 5) is 0. The van der Waals surface area contributed by atoms with Gasteiger partial charge in [0.25, 0.3) is 0 Å². The van der Waals surface area contributed by atoms with Gasteiger partial charge in [-0.05, 0) is 58.4 Å². The zero-order valence-electron chi connectivity index (χ0n) is 16.7. The molecule has 0 heterocycles. The highest BCUT2D eigenvalue weighted by Crippen LogP contribution is 2.37. The minimum Gasteiger partial charge on any atom is -0.507 e. The molecule has 2 heteroatoms. The number of aromatic hydroxyl groups is 2. The van der Waals surface area contributed by atoms with E-state index >= 15 is 0 Å². The molecule has 4 rings (SSSR count). The average molecular weight is 380 g/mol. The van der Waals surface area contributed by atoms with Crippen molar-refractivity contribution in [3.63, 3.8) is 0 Å². The summed E-state index contributed by atoms with van der Waals surface area (Å²) in [5.74, 6) is 0.575. The van der Waals surface area contributed by atoms with E-state index in [1.165, 1.54) is 0 Å². The van der Waals surface area contributed by atoms with Crippen molar-refractivity contribution in [3.05, 3.63) is 107 Å². The van der Waals surface area contributed by atoms with Gasteiger partial charge in [-0.3, -0.25) is 0 Å². The van der Waals surface area contributed by atoms with Gasteiger partial charge in [0.15, 0.2) is 0 Å². The van der Waals surface area contributed by atoms with E-state index in [2.05, 4.69) is 0 Å². The van der Waals surface area contributed by atoms with Gasteiger partial charge in [0.2, 0.25) is 0 Å². The molecule has 0 aliphatic rings. The number of phenols is 2. The van der Waals surface area contributed by atoms with Gasteiger partial charge in [-0.15, -0.1) is 0 Å². The zero-order chi connectivity index (χ0) is 20.4. The van der Waals surface area contributed by atoms with Crippen molar-refractivity contribution in [1.29, 1.82) is 0 Å². The van der Waals surface area contributed by atoms with Crippen LogP contribution < -0.4 is 0 Å². The Morgan fingerprint density at radius 2 is 0.897 bits per heavy atom. The second kappa shape index (κ2) is 7.84. The minimum atomic E-state index is 0.288. The number of phenolic OH excluding ortho intramolecular Hbond substituents is 2. The maximum absolute atomic E-state index is 10.8. The van der Waals surface area contributed by atoms with Gasteiger partial charge in [0.05, 0.1) is 0 Å². The van der Waals surface area contributed by atoms with Crippen LogP contribution in [0.4, 0.5) is 0 Å². The summed E-state index contributed by atoms with van der Waals surface area (Å²) < 4.78 is 0. The normalized spacial score (nSPS) is 10.8. The molecule has 0 atom stereocenters.